The molecule has 0 fully saturated rings. The molecule has 0 spiro atoms. The fourth-order valence-electron chi connectivity index (χ4n) is 5.87. The van der Waals surface area contributed by atoms with E-state index in [9.17, 15) is 0 Å². The van der Waals surface area contributed by atoms with Gasteiger partial charge in [0.15, 0.2) is 5.58 Å². The van der Waals surface area contributed by atoms with Crippen LogP contribution in [-0.4, -0.2) is 4.98 Å². The molecule has 0 saturated heterocycles. The van der Waals surface area contributed by atoms with Crippen molar-refractivity contribution in [1.29, 1.82) is 0 Å². The van der Waals surface area contributed by atoms with E-state index in [1.165, 1.54) is 22.1 Å². The van der Waals surface area contributed by atoms with Crippen molar-refractivity contribution in [1.82, 2.24) is 4.98 Å². The maximum atomic E-state index is 6.49. The van der Waals surface area contributed by atoms with Crippen LogP contribution < -0.4 is 0 Å². The van der Waals surface area contributed by atoms with Gasteiger partial charge in [0.2, 0.25) is 0 Å². The molecule has 3 heterocycles. The van der Waals surface area contributed by atoms with Gasteiger partial charge in [0.25, 0.3) is 0 Å². The molecule has 0 aliphatic heterocycles. The van der Waals surface area contributed by atoms with Gasteiger partial charge in [-0.3, -0.25) is 4.98 Å². The maximum absolute atomic E-state index is 6.49. The maximum Gasteiger partial charge on any atom is 0.161 e. The van der Waals surface area contributed by atoms with Crippen LogP contribution in [-0.2, 0) is 5.41 Å². The fraction of sp³-hybridized carbons (Fsp3) is 0.194. The summed E-state index contributed by atoms with van der Waals surface area (Å²) in [4.78, 5) is 4.84. The van der Waals surface area contributed by atoms with Gasteiger partial charge in [-0.05, 0) is 41.3 Å². The Balaban J connectivity index is 1.53. The minimum atomic E-state index is -0.238. The molecule has 3 aromatic carbocycles. The van der Waals surface area contributed by atoms with Crippen LogP contribution in [0.5, 0.6) is 0 Å². The summed E-state index contributed by atoms with van der Waals surface area (Å²) in [6.45, 7) is 9.08. The second-order valence-electron chi connectivity index (χ2n) is 10.2. The quantitative estimate of drug-likeness (QED) is 0.268. The average molecular weight is 444 g/mol. The van der Waals surface area contributed by atoms with Crippen molar-refractivity contribution in [2.24, 2.45) is 0 Å². The molecule has 3 aromatic heterocycles. The molecule has 0 saturated carbocycles. The third kappa shape index (κ3) is 2.44. The number of furan rings is 2. The zero-order valence-corrected chi connectivity index (χ0v) is 19.8. The predicted molar refractivity (Wildman–Crippen MR) is 138 cm³/mol. The molecule has 0 N–H and O–H groups in total. The Morgan fingerprint density at radius 3 is 2.38 bits per heavy atom. The van der Waals surface area contributed by atoms with Crippen molar-refractivity contribution in [2.45, 2.75) is 39.0 Å². The van der Waals surface area contributed by atoms with Gasteiger partial charge in [-0.25, -0.2) is 0 Å². The zero-order valence-electron chi connectivity index (χ0n) is 19.8. The molecule has 1 aliphatic carbocycles. The van der Waals surface area contributed by atoms with Gasteiger partial charge < -0.3 is 8.83 Å². The van der Waals surface area contributed by atoms with Gasteiger partial charge in [0, 0.05) is 44.5 Å². The third-order valence-corrected chi connectivity index (χ3v) is 7.49. The van der Waals surface area contributed by atoms with Crippen LogP contribution in [0.15, 0.2) is 81.8 Å². The third-order valence-electron chi connectivity index (χ3n) is 7.49. The molecular weight excluding hydrogens is 418 g/mol. The van der Waals surface area contributed by atoms with Crippen LogP contribution in [0, 0.1) is 0 Å². The summed E-state index contributed by atoms with van der Waals surface area (Å²) >= 11 is 0. The highest BCUT2D eigenvalue weighted by Gasteiger charge is 2.42. The number of aromatic nitrogens is 1. The molecular formula is C31H25NO2. The lowest BCUT2D eigenvalue weighted by molar-refractivity contribution is 0.619. The minimum absolute atomic E-state index is 0.238. The van der Waals surface area contributed by atoms with Crippen LogP contribution in [0.2, 0.25) is 0 Å². The number of benzene rings is 3. The fourth-order valence-corrected chi connectivity index (χ4v) is 5.87. The first-order valence-corrected chi connectivity index (χ1v) is 11.9. The van der Waals surface area contributed by atoms with Gasteiger partial charge in [0.05, 0.1) is 0 Å². The molecule has 0 radical (unpaired) electrons. The smallest absolute Gasteiger partial charge is 0.161 e. The van der Waals surface area contributed by atoms with E-state index in [2.05, 4.69) is 76.2 Å². The Morgan fingerprint density at radius 1 is 0.735 bits per heavy atom. The average Bonchev–Trinajstić information content (AvgIpc) is 3.47. The van der Waals surface area contributed by atoms with Crippen molar-refractivity contribution >= 4 is 32.9 Å². The number of fused-ring (bicyclic) bond motifs is 8. The highest BCUT2D eigenvalue weighted by atomic mass is 16.3. The molecule has 3 nitrogen and oxygen atoms in total. The van der Waals surface area contributed by atoms with E-state index in [0.29, 0.717) is 5.92 Å². The highest BCUT2D eigenvalue weighted by molar-refractivity contribution is 6.09. The summed E-state index contributed by atoms with van der Waals surface area (Å²) in [5, 5.41) is 3.42. The Kier molecular flexibility index (Phi) is 3.81. The van der Waals surface area contributed by atoms with Crippen molar-refractivity contribution in [3.8, 4) is 22.6 Å². The first kappa shape index (κ1) is 19.6. The van der Waals surface area contributed by atoms with E-state index in [1.807, 2.05) is 24.4 Å². The number of pyridine rings is 1. The topological polar surface area (TPSA) is 39.2 Å². The van der Waals surface area contributed by atoms with Crippen molar-refractivity contribution < 1.29 is 8.83 Å². The van der Waals surface area contributed by atoms with Crippen LogP contribution >= 0.6 is 0 Å². The second kappa shape index (κ2) is 6.60. The number of hydrogen-bond acceptors (Lipinski definition) is 3. The summed E-state index contributed by atoms with van der Waals surface area (Å²) in [6.07, 6.45) is 1.89. The van der Waals surface area contributed by atoms with E-state index in [4.69, 9.17) is 13.8 Å². The monoisotopic (exact) mass is 443 g/mol. The molecule has 1 aliphatic rings. The molecule has 166 valence electrons. The Bertz CT molecular complexity index is 1760. The number of hydrogen-bond donors (Lipinski definition) is 0. The van der Waals surface area contributed by atoms with Crippen LogP contribution in [0.3, 0.4) is 0 Å². The first-order chi connectivity index (χ1) is 16.4. The van der Waals surface area contributed by atoms with Crippen LogP contribution in [0.1, 0.15) is 50.3 Å². The standard InChI is InChI=1S/C31H25NO2/c1-17(2)18-12-13-25-23(16-18)27-29(33-25)22-10-7-9-21(26(22)31(27,3)4)28-30-20(14-15-32-28)19-8-5-6-11-24(19)34-30/h5-17H,1-4H3. The van der Waals surface area contributed by atoms with E-state index in [-0.39, 0.29) is 5.41 Å². The van der Waals surface area contributed by atoms with E-state index in [1.54, 1.807) is 0 Å². The molecule has 0 atom stereocenters. The SMILES string of the molecule is CC(C)c1ccc2oc3c(c2c1)C(C)(C)c1c-3cccc1-c1nccc2c1oc1ccccc12. The Morgan fingerprint density at radius 2 is 1.53 bits per heavy atom. The lowest BCUT2D eigenvalue weighted by Gasteiger charge is -2.24. The second-order valence-corrected chi connectivity index (χ2v) is 10.2. The van der Waals surface area contributed by atoms with Crippen LogP contribution in [0.25, 0.3) is 55.5 Å². The number of nitrogens with zero attached hydrogens (tertiary/aromatic N) is 1. The molecule has 34 heavy (non-hydrogen) atoms. The van der Waals surface area contributed by atoms with E-state index < -0.39 is 0 Å². The van der Waals surface area contributed by atoms with Crippen molar-refractivity contribution in [3.63, 3.8) is 0 Å². The van der Waals surface area contributed by atoms with Crippen LogP contribution in [0.4, 0.5) is 0 Å². The summed E-state index contributed by atoms with van der Waals surface area (Å²) in [5.74, 6) is 1.45. The lowest BCUT2D eigenvalue weighted by Crippen LogP contribution is -2.16. The predicted octanol–water partition coefficient (Wildman–Crippen LogP) is 8.82. The summed E-state index contributed by atoms with van der Waals surface area (Å²) in [6, 6.07) is 23.3. The molecule has 6 aromatic rings. The molecule has 3 heteroatoms. The number of para-hydroxylation sites is 1. The minimum Gasteiger partial charge on any atom is -0.456 e. The van der Waals surface area contributed by atoms with Gasteiger partial charge in [0.1, 0.15) is 22.6 Å². The molecule has 7 rings (SSSR count). The summed E-state index contributed by atoms with van der Waals surface area (Å²) in [7, 11) is 0. The largest absolute Gasteiger partial charge is 0.456 e. The van der Waals surface area contributed by atoms with Crippen molar-refractivity contribution in [2.75, 3.05) is 0 Å². The summed E-state index contributed by atoms with van der Waals surface area (Å²) < 4.78 is 12.8. The highest BCUT2D eigenvalue weighted by Crippen LogP contribution is 2.56. The van der Waals surface area contributed by atoms with Gasteiger partial charge in [-0.1, -0.05) is 70.2 Å². The van der Waals surface area contributed by atoms with Gasteiger partial charge in [-0.15, -0.1) is 0 Å². The zero-order chi connectivity index (χ0) is 23.2. The van der Waals surface area contributed by atoms with E-state index >= 15 is 0 Å². The summed E-state index contributed by atoms with van der Waals surface area (Å²) in [5.41, 5.74) is 9.43. The first-order valence-electron chi connectivity index (χ1n) is 11.9. The lowest BCUT2D eigenvalue weighted by atomic mass is 9.78. The molecule has 0 amide bonds. The normalized spacial score (nSPS) is 14.4. The van der Waals surface area contributed by atoms with Gasteiger partial charge in [-0.2, -0.15) is 0 Å². The van der Waals surface area contributed by atoms with Gasteiger partial charge >= 0.3 is 0 Å². The Hall–Kier alpha value is -3.85. The Labute approximate surface area is 198 Å². The molecule has 0 bridgehead atoms. The van der Waals surface area contributed by atoms with Crippen molar-refractivity contribution in [3.05, 3.63) is 89.6 Å². The molecule has 0 unspecified atom stereocenters. The van der Waals surface area contributed by atoms with E-state index in [0.717, 1.165) is 50.1 Å². The number of rotatable bonds is 2.